The first-order chi connectivity index (χ1) is 9.02. The number of hydrogen-bond donors (Lipinski definition) is 0. The summed E-state index contributed by atoms with van der Waals surface area (Å²) >= 11 is 0. The van der Waals surface area contributed by atoms with E-state index in [1.54, 1.807) is 12.1 Å². The third-order valence-electron chi connectivity index (χ3n) is 3.18. The first-order valence-corrected chi connectivity index (χ1v) is 6.03. The van der Waals surface area contributed by atoms with Crippen molar-refractivity contribution in [3.8, 4) is 6.07 Å². The second-order valence-corrected chi connectivity index (χ2v) is 4.78. The average molecular weight is 260 g/mol. The number of benzene rings is 1. The number of carbonyl (C=O) groups is 2. The molecule has 0 N–H and O–H groups in total. The Morgan fingerprint density at radius 3 is 2.58 bits per heavy atom. The molecule has 4 nitrogen and oxygen atoms in total. The van der Waals surface area contributed by atoms with Crippen LogP contribution in [-0.4, -0.2) is 16.7 Å². The van der Waals surface area contributed by atoms with E-state index in [-0.39, 0.29) is 35.4 Å². The van der Waals surface area contributed by atoms with Crippen LogP contribution in [0.4, 0.5) is 4.39 Å². The van der Waals surface area contributed by atoms with Crippen LogP contribution < -0.4 is 0 Å². The molecule has 1 saturated heterocycles. The Bertz CT molecular complexity index is 559. The van der Waals surface area contributed by atoms with Crippen molar-refractivity contribution < 1.29 is 14.0 Å². The van der Waals surface area contributed by atoms with Crippen molar-refractivity contribution in [1.29, 1.82) is 5.26 Å². The Morgan fingerprint density at radius 2 is 2.00 bits per heavy atom. The summed E-state index contributed by atoms with van der Waals surface area (Å²) in [6.45, 7) is 1.73. The summed E-state index contributed by atoms with van der Waals surface area (Å²) < 4.78 is 13.9. The van der Waals surface area contributed by atoms with Crippen LogP contribution in [0.1, 0.15) is 30.9 Å². The molecule has 98 valence electrons. The van der Waals surface area contributed by atoms with Crippen LogP contribution in [0.15, 0.2) is 18.2 Å². The van der Waals surface area contributed by atoms with E-state index in [2.05, 4.69) is 0 Å². The summed E-state index contributed by atoms with van der Waals surface area (Å²) in [5.74, 6) is -1.20. The molecule has 1 fully saturated rings. The zero-order chi connectivity index (χ0) is 14.0. The van der Waals surface area contributed by atoms with E-state index in [1.165, 1.54) is 12.1 Å². The van der Waals surface area contributed by atoms with Gasteiger partial charge in [-0.1, -0.05) is 19.1 Å². The second kappa shape index (κ2) is 5.19. The maximum atomic E-state index is 13.9. The summed E-state index contributed by atoms with van der Waals surface area (Å²) in [5.41, 5.74) is 0.109. The summed E-state index contributed by atoms with van der Waals surface area (Å²) in [5, 5.41) is 8.75. The van der Waals surface area contributed by atoms with Gasteiger partial charge in [-0.2, -0.15) is 5.26 Å². The number of halogens is 1. The van der Waals surface area contributed by atoms with Crippen LogP contribution in [0, 0.1) is 23.1 Å². The van der Waals surface area contributed by atoms with Crippen molar-refractivity contribution in [2.75, 3.05) is 0 Å². The monoisotopic (exact) mass is 260 g/mol. The lowest BCUT2D eigenvalue weighted by Gasteiger charge is -2.28. The summed E-state index contributed by atoms with van der Waals surface area (Å²) in [6.07, 6.45) is 0.594. The van der Waals surface area contributed by atoms with Gasteiger partial charge in [-0.05, 0) is 12.0 Å². The highest BCUT2D eigenvalue weighted by atomic mass is 19.1. The third kappa shape index (κ3) is 2.63. The lowest BCUT2D eigenvalue weighted by Crippen LogP contribution is -2.42. The molecule has 0 saturated carbocycles. The maximum absolute atomic E-state index is 13.9. The Labute approximate surface area is 110 Å². The van der Waals surface area contributed by atoms with Crippen LogP contribution in [0.5, 0.6) is 0 Å². The van der Waals surface area contributed by atoms with Crippen molar-refractivity contribution in [2.45, 2.75) is 26.3 Å². The molecule has 1 aromatic rings. The maximum Gasteiger partial charge on any atom is 0.229 e. The van der Waals surface area contributed by atoms with Crippen LogP contribution >= 0.6 is 0 Å². The largest absolute Gasteiger partial charge is 0.278 e. The minimum Gasteiger partial charge on any atom is -0.278 e. The molecule has 0 unspecified atom stereocenters. The first-order valence-electron chi connectivity index (χ1n) is 6.03. The third-order valence-corrected chi connectivity index (χ3v) is 3.18. The molecule has 5 heteroatoms. The highest BCUT2D eigenvalue weighted by molar-refractivity contribution is 5.97. The minimum atomic E-state index is -0.663. The number of piperidine rings is 1. The lowest BCUT2D eigenvalue weighted by molar-refractivity contribution is -0.150. The number of amides is 2. The predicted molar refractivity (Wildman–Crippen MR) is 65.1 cm³/mol. The van der Waals surface area contributed by atoms with E-state index in [9.17, 15) is 14.0 Å². The van der Waals surface area contributed by atoms with E-state index >= 15 is 0 Å². The van der Waals surface area contributed by atoms with Gasteiger partial charge >= 0.3 is 0 Å². The number of hydrogen-bond acceptors (Lipinski definition) is 3. The molecule has 0 aromatic heterocycles. The van der Waals surface area contributed by atoms with E-state index < -0.39 is 5.82 Å². The summed E-state index contributed by atoms with van der Waals surface area (Å²) in [6, 6.07) is 6.12. The number of nitrogens with zero attached hydrogens (tertiary/aromatic N) is 2. The van der Waals surface area contributed by atoms with Gasteiger partial charge in [-0.3, -0.25) is 14.5 Å². The normalized spacial score (nSPS) is 16.6. The summed E-state index contributed by atoms with van der Waals surface area (Å²) in [7, 11) is 0. The van der Waals surface area contributed by atoms with E-state index in [0.717, 1.165) is 4.90 Å². The van der Waals surface area contributed by atoms with Gasteiger partial charge in [0.25, 0.3) is 0 Å². The van der Waals surface area contributed by atoms with Crippen LogP contribution in [-0.2, 0) is 16.1 Å². The number of nitriles is 1. The molecule has 0 spiro atoms. The quantitative estimate of drug-likeness (QED) is 0.764. The highest BCUT2D eigenvalue weighted by Crippen LogP contribution is 2.22. The molecule has 0 bridgehead atoms. The van der Waals surface area contributed by atoms with Crippen LogP contribution in [0.2, 0.25) is 0 Å². The van der Waals surface area contributed by atoms with Gasteiger partial charge in [0, 0.05) is 18.4 Å². The number of likely N-dealkylation sites (tertiary alicyclic amines) is 1. The molecule has 2 rings (SSSR count). The fraction of sp³-hybridized carbons (Fsp3) is 0.357. The van der Waals surface area contributed by atoms with Gasteiger partial charge in [-0.15, -0.1) is 0 Å². The predicted octanol–water partition coefficient (Wildman–Crippen LogP) is 1.98. The molecule has 1 heterocycles. The molecular weight excluding hydrogens is 247 g/mol. The molecule has 0 radical (unpaired) electrons. The van der Waals surface area contributed by atoms with Gasteiger partial charge < -0.3 is 0 Å². The standard InChI is InChI=1S/C14H13FN2O2/c1-9-5-12(18)17(13(19)6-9)8-11-4-2-3-10(7-16)14(11)15/h2-4,9H,5-6,8H2,1H3. The highest BCUT2D eigenvalue weighted by Gasteiger charge is 2.30. The van der Waals surface area contributed by atoms with Crippen molar-refractivity contribution in [2.24, 2.45) is 5.92 Å². The zero-order valence-corrected chi connectivity index (χ0v) is 10.5. The smallest absolute Gasteiger partial charge is 0.229 e. The molecule has 0 aliphatic carbocycles. The van der Waals surface area contributed by atoms with Crippen LogP contribution in [0.3, 0.4) is 0 Å². The SMILES string of the molecule is CC1CC(=O)N(Cc2cccc(C#N)c2F)C(=O)C1. The number of carbonyl (C=O) groups excluding carboxylic acids is 2. The Morgan fingerprint density at radius 1 is 1.37 bits per heavy atom. The van der Waals surface area contributed by atoms with Gasteiger partial charge in [0.15, 0.2) is 0 Å². The zero-order valence-electron chi connectivity index (χ0n) is 10.5. The minimum absolute atomic E-state index is 0.0338. The summed E-state index contributed by atoms with van der Waals surface area (Å²) in [4.78, 5) is 24.7. The molecular formula is C14H13FN2O2. The number of rotatable bonds is 2. The Hall–Kier alpha value is -2.22. The molecule has 2 amide bonds. The molecule has 1 aliphatic heterocycles. The second-order valence-electron chi connectivity index (χ2n) is 4.78. The molecule has 1 aliphatic rings. The Kier molecular flexibility index (Phi) is 3.61. The van der Waals surface area contributed by atoms with Crippen LogP contribution in [0.25, 0.3) is 0 Å². The lowest BCUT2D eigenvalue weighted by atomic mass is 9.97. The van der Waals surface area contributed by atoms with E-state index in [0.29, 0.717) is 12.8 Å². The Balaban J connectivity index is 2.24. The fourth-order valence-electron chi connectivity index (χ4n) is 2.16. The molecule has 1 aromatic carbocycles. The van der Waals surface area contributed by atoms with E-state index in [1.807, 2.05) is 6.92 Å². The van der Waals surface area contributed by atoms with Gasteiger partial charge in [0.2, 0.25) is 11.8 Å². The topological polar surface area (TPSA) is 61.2 Å². The fourth-order valence-corrected chi connectivity index (χ4v) is 2.16. The van der Waals surface area contributed by atoms with Crippen molar-refractivity contribution in [3.63, 3.8) is 0 Å². The van der Waals surface area contributed by atoms with E-state index in [4.69, 9.17) is 5.26 Å². The van der Waals surface area contributed by atoms with Gasteiger partial charge in [-0.25, -0.2) is 4.39 Å². The van der Waals surface area contributed by atoms with Gasteiger partial charge in [0.05, 0.1) is 12.1 Å². The molecule has 0 atom stereocenters. The first kappa shape index (κ1) is 13.2. The van der Waals surface area contributed by atoms with Gasteiger partial charge in [0.1, 0.15) is 11.9 Å². The van der Waals surface area contributed by atoms with Crippen molar-refractivity contribution in [3.05, 3.63) is 35.1 Å². The average Bonchev–Trinajstić information content (AvgIpc) is 2.35. The number of imide groups is 1. The van der Waals surface area contributed by atoms with Crippen molar-refractivity contribution in [1.82, 2.24) is 4.90 Å². The molecule has 19 heavy (non-hydrogen) atoms. The van der Waals surface area contributed by atoms with Crippen molar-refractivity contribution >= 4 is 11.8 Å².